The summed E-state index contributed by atoms with van der Waals surface area (Å²) in [7, 11) is 0. The number of nitrogens with zero attached hydrogens (tertiary/aromatic N) is 2. The topological polar surface area (TPSA) is 116 Å². The van der Waals surface area contributed by atoms with Gasteiger partial charge in [-0.25, -0.2) is 15.0 Å². The van der Waals surface area contributed by atoms with E-state index in [0.29, 0.717) is 36.1 Å². The highest BCUT2D eigenvalue weighted by Crippen LogP contribution is 2.41. The molecule has 3 N–H and O–H groups in total. The largest absolute Gasteiger partial charge is 0.435 e. The molecular formula is C22H26BrN5O3. The SMILES string of the molecule is C[C@@H](CC1CCC2(CC1)OC(=O)NN=C2c1cc(C#N)ccc1Br)NC(=O)NC1CC1. The second kappa shape index (κ2) is 8.87. The smallest absolute Gasteiger partial charge is 0.428 e. The number of carbonyl (C=O) groups excluding carboxylic acids is 2. The molecule has 0 aromatic heterocycles. The Morgan fingerprint density at radius 3 is 2.81 bits per heavy atom. The van der Waals surface area contributed by atoms with E-state index in [2.05, 4.69) is 43.2 Å². The maximum atomic E-state index is 12.0. The van der Waals surface area contributed by atoms with E-state index in [1.54, 1.807) is 12.1 Å². The second-order valence-electron chi connectivity index (χ2n) is 8.73. The summed E-state index contributed by atoms with van der Waals surface area (Å²) in [6, 6.07) is 7.78. The number of carbonyl (C=O) groups is 2. The zero-order valence-electron chi connectivity index (χ0n) is 17.4. The van der Waals surface area contributed by atoms with Gasteiger partial charge in [0.1, 0.15) is 5.71 Å². The summed E-state index contributed by atoms with van der Waals surface area (Å²) in [4.78, 5) is 24.0. The molecule has 1 aliphatic heterocycles. The Kier molecular flexibility index (Phi) is 6.19. The molecule has 0 saturated heterocycles. The van der Waals surface area contributed by atoms with Crippen molar-refractivity contribution in [3.05, 3.63) is 33.8 Å². The number of rotatable bonds is 5. The van der Waals surface area contributed by atoms with E-state index in [1.807, 2.05) is 13.0 Å². The molecule has 4 rings (SSSR count). The van der Waals surface area contributed by atoms with Gasteiger partial charge in [-0.2, -0.15) is 10.4 Å². The average Bonchev–Trinajstić information content (AvgIpc) is 3.54. The molecule has 9 heteroatoms. The van der Waals surface area contributed by atoms with E-state index in [1.165, 1.54) is 0 Å². The third-order valence-corrected chi connectivity index (χ3v) is 6.91. The van der Waals surface area contributed by atoms with Crippen LogP contribution in [0.5, 0.6) is 0 Å². The van der Waals surface area contributed by atoms with Gasteiger partial charge in [-0.1, -0.05) is 15.9 Å². The van der Waals surface area contributed by atoms with Gasteiger partial charge in [0.15, 0.2) is 5.60 Å². The minimum Gasteiger partial charge on any atom is -0.435 e. The molecule has 2 fully saturated rings. The zero-order valence-corrected chi connectivity index (χ0v) is 19.0. The lowest BCUT2D eigenvalue weighted by atomic mass is 9.72. The number of nitrogens with one attached hydrogen (secondary N) is 3. The predicted octanol–water partition coefficient (Wildman–Crippen LogP) is 3.93. The maximum absolute atomic E-state index is 12.0. The average molecular weight is 488 g/mol. The molecule has 1 atom stereocenters. The van der Waals surface area contributed by atoms with Crippen LogP contribution in [-0.2, 0) is 4.74 Å². The van der Waals surface area contributed by atoms with E-state index in [-0.39, 0.29) is 12.1 Å². The van der Waals surface area contributed by atoms with Gasteiger partial charge < -0.3 is 15.4 Å². The highest BCUT2D eigenvalue weighted by molar-refractivity contribution is 9.10. The molecule has 31 heavy (non-hydrogen) atoms. The molecule has 1 heterocycles. The van der Waals surface area contributed by atoms with Crippen LogP contribution in [-0.4, -0.2) is 35.5 Å². The Bertz CT molecular complexity index is 945. The van der Waals surface area contributed by atoms with Gasteiger partial charge in [0.25, 0.3) is 0 Å². The quantitative estimate of drug-likeness (QED) is 0.583. The van der Waals surface area contributed by atoms with E-state index in [4.69, 9.17) is 4.74 Å². The van der Waals surface area contributed by atoms with Crippen LogP contribution in [0.3, 0.4) is 0 Å². The van der Waals surface area contributed by atoms with Crippen molar-refractivity contribution in [1.29, 1.82) is 5.26 Å². The van der Waals surface area contributed by atoms with Crippen molar-refractivity contribution in [2.45, 2.75) is 69.6 Å². The molecular weight excluding hydrogens is 462 g/mol. The Balaban J connectivity index is 1.43. The fraction of sp³-hybridized carbons (Fsp3) is 0.545. The molecule has 3 amide bonds. The minimum atomic E-state index is -0.810. The first-order valence-corrected chi connectivity index (χ1v) is 11.5. The van der Waals surface area contributed by atoms with E-state index < -0.39 is 11.7 Å². The number of ether oxygens (including phenoxy) is 1. The Morgan fingerprint density at radius 2 is 2.13 bits per heavy atom. The number of nitriles is 1. The number of amides is 3. The maximum Gasteiger partial charge on any atom is 0.428 e. The Hall–Kier alpha value is -2.60. The zero-order chi connectivity index (χ0) is 22.0. The van der Waals surface area contributed by atoms with Crippen molar-refractivity contribution in [1.82, 2.24) is 16.1 Å². The van der Waals surface area contributed by atoms with E-state index in [9.17, 15) is 14.9 Å². The number of benzene rings is 1. The lowest BCUT2D eigenvalue weighted by Crippen LogP contribution is -2.52. The molecule has 0 unspecified atom stereocenters. The summed E-state index contributed by atoms with van der Waals surface area (Å²) < 4.78 is 6.61. The van der Waals surface area contributed by atoms with Crippen LogP contribution >= 0.6 is 15.9 Å². The fourth-order valence-corrected chi connectivity index (χ4v) is 4.92. The van der Waals surface area contributed by atoms with Gasteiger partial charge in [0.05, 0.1) is 11.6 Å². The van der Waals surface area contributed by atoms with E-state index >= 15 is 0 Å². The van der Waals surface area contributed by atoms with Crippen molar-refractivity contribution >= 4 is 33.8 Å². The molecule has 0 radical (unpaired) electrons. The third kappa shape index (κ3) is 5.01. The van der Waals surface area contributed by atoms with Crippen LogP contribution in [0.2, 0.25) is 0 Å². The highest BCUT2D eigenvalue weighted by Gasteiger charge is 2.46. The molecule has 2 aliphatic carbocycles. The van der Waals surface area contributed by atoms with E-state index in [0.717, 1.165) is 42.1 Å². The van der Waals surface area contributed by atoms with Crippen LogP contribution < -0.4 is 16.1 Å². The molecule has 8 nitrogen and oxygen atoms in total. The number of hydrazone groups is 1. The van der Waals surface area contributed by atoms with Gasteiger partial charge in [0, 0.05) is 22.1 Å². The summed E-state index contributed by atoms with van der Waals surface area (Å²) >= 11 is 3.54. The highest BCUT2D eigenvalue weighted by atomic mass is 79.9. The van der Waals surface area contributed by atoms with Crippen LogP contribution in [0.1, 0.15) is 63.0 Å². The van der Waals surface area contributed by atoms with Gasteiger partial charge in [0.2, 0.25) is 0 Å². The first-order valence-electron chi connectivity index (χ1n) is 10.7. The van der Waals surface area contributed by atoms with Crippen LogP contribution in [0, 0.1) is 17.2 Å². The van der Waals surface area contributed by atoms with Crippen molar-refractivity contribution in [3.8, 4) is 6.07 Å². The van der Waals surface area contributed by atoms with Gasteiger partial charge >= 0.3 is 12.1 Å². The lowest BCUT2D eigenvalue weighted by Gasteiger charge is -2.42. The van der Waals surface area contributed by atoms with Crippen molar-refractivity contribution in [3.63, 3.8) is 0 Å². The molecule has 2 saturated carbocycles. The molecule has 1 aromatic rings. The molecule has 164 valence electrons. The Morgan fingerprint density at radius 1 is 1.39 bits per heavy atom. The van der Waals surface area contributed by atoms with Crippen LogP contribution in [0.25, 0.3) is 0 Å². The molecule has 3 aliphatic rings. The van der Waals surface area contributed by atoms with Crippen molar-refractivity contribution < 1.29 is 14.3 Å². The molecule has 1 spiro atoms. The van der Waals surface area contributed by atoms with Crippen LogP contribution in [0.4, 0.5) is 9.59 Å². The third-order valence-electron chi connectivity index (χ3n) is 6.22. The molecule has 1 aromatic carbocycles. The number of halogens is 1. The monoisotopic (exact) mass is 487 g/mol. The van der Waals surface area contributed by atoms with Crippen molar-refractivity contribution in [2.75, 3.05) is 0 Å². The normalized spacial score (nSPS) is 26.2. The molecule has 0 bridgehead atoms. The standard InChI is InChI=1S/C22H26BrN5O3/c1-13(25-20(29)26-16-3-4-16)10-14-6-8-22(9-7-14)19(27-28-21(30)31-22)17-11-15(12-24)2-5-18(17)23/h2,5,11,13-14,16H,3-4,6-10H2,1H3,(H,28,30)(H2,25,26,29)/t13-,14?,22?/m0/s1. The van der Waals surface area contributed by atoms with Gasteiger partial charge in [-0.05, 0) is 76.0 Å². The predicted molar refractivity (Wildman–Crippen MR) is 118 cm³/mol. The summed E-state index contributed by atoms with van der Waals surface area (Å²) in [5, 5.41) is 19.6. The van der Waals surface area contributed by atoms with Crippen molar-refractivity contribution in [2.24, 2.45) is 11.0 Å². The second-order valence-corrected chi connectivity index (χ2v) is 9.59. The first kappa shape index (κ1) is 21.6. The first-order chi connectivity index (χ1) is 14.9. The van der Waals surface area contributed by atoms with Crippen LogP contribution in [0.15, 0.2) is 27.8 Å². The summed E-state index contributed by atoms with van der Waals surface area (Å²) in [5.74, 6) is 0.422. The number of hydrogen-bond donors (Lipinski definition) is 3. The minimum absolute atomic E-state index is 0.0722. The number of urea groups is 1. The summed E-state index contributed by atoms with van der Waals surface area (Å²) in [6.07, 6.45) is 5.47. The Labute approximate surface area is 189 Å². The number of hydrogen-bond acceptors (Lipinski definition) is 5. The van der Waals surface area contributed by atoms with Gasteiger partial charge in [-0.3, -0.25) is 0 Å². The summed E-state index contributed by atoms with van der Waals surface area (Å²) in [5.41, 5.74) is 3.53. The lowest BCUT2D eigenvalue weighted by molar-refractivity contribution is 0.0155. The van der Waals surface area contributed by atoms with Gasteiger partial charge in [-0.15, -0.1) is 0 Å². The fourth-order valence-electron chi connectivity index (χ4n) is 4.49. The summed E-state index contributed by atoms with van der Waals surface area (Å²) in [6.45, 7) is 2.03.